The van der Waals surface area contributed by atoms with Crippen molar-refractivity contribution in [1.29, 1.82) is 5.26 Å². The van der Waals surface area contributed by atoms with Crippen molar-refractivity contribution < 1.29 is 9.13 Å². The van der Waals surface area contributed by atoms with E-state index in [-0.39, 0.29) is 24.0 Å². The van der Waals surface area contributed by atoms with Crippen LogP contribution in [-0.4, -0.2) is 15.7 Å². The number of nitriles is 1. The van der Waals surface area contributed by atoms with Crippen LogP contribution in [-0.2, 0) is 6.54 Å². The highest BCUT2D eigenvalue weighted by Gasteiger charge is 2.13. The van der Waals surface area contributed by atoms with Gasteiger partial charge in [0, 0.05) is 0 Å². The molecular formula is C16H16FN3O2. The van der Waals surface area contributed by atoms with E-state index in [1.54, 1.807) is 6.92 Å². The molecular weight excluding hydrogens is 285 g/mol. The predicted molar refractivity (Wildman–Crippen MR) is 79.2 cm³/mol. The molecule has 0 saturated heterocycles. The van der Waals surface area contributed by atoms with Crippen LogP contribution in [0.4, 0.5) is 4.39 Å². The van der Waals surface area contributed by atoms with Crippen LogP contribution in [0.5, 0.6) is 5.75 Å². The van der Waals surface area contributed by atoms with Gasteiger partial charge in [0.15, 0.2) is 0 Å². The summed E-state index contributed by atoms with van der Waals surface area (Å²) in [6, 6.07) is 5.86. The largest absolute Gasteiger partial charge is 0.484 e. The molecule has 0 aliphatic heterocycles. The average molecular weight is 301 g/mol. The highest BCUT2D eigenvalue weighted by molar-refractivity contribution is 5.38. The molecule has 1 heterocycles. The van der Waals surface area contributed by atoms with Gasteiger partial charge in [0.1, 0.15) is 11.6 Å². The number of aryl methyl sites for hydroxylation is 1. The second-order valence-electron chi connectivity index (χ2n) is 5.14. The van der Waals surface area contributed by atoms with Gasteiger partial charge in [0.2, 0.25) is 5.75 Å². The Balaban J connectivity index is 2.48. The van der Waals surface area contributed by atoms with E-state index >= 15 is 0 Å². The van der Waals surface area contributed by atoms with Crippen molar-refractivity contribution in [3.05, 3.63) is 57.5 Å². The second kappa shape index (κ2) is 6.39. The number of benzene rings is 1. The Bertz CT molecular complexity index is 791. The SMILES string of the molecule is Cc1ncc(OC(C)C)c(=O)n1Cc1cc(F)ccc1C#N. The third-order valence-corrected chi connectivity index (χ3v) is 3.09. The number of halogens is 1. The zero-order valence-electron chi connectivity index (χ0n) is 12.6. The van der Waals surface area contributed by atoms with E-state index < -0.39 is 5.82 Å². The minimum Gasteiger partial charge on any atom is -0.484 e. The van der Waals surface area contributed by atoms with Crippen molar-refractivity contribution in [2.45, 2.75) is 33.4 Å². The lowest BCUT2D eigenvalue weighted by atomic mass is 10.1. The minimum atomic E-state index is -0.456. The normalized spacial score (nSPS) is 10.5. The molecule has 114 valence electrons. The maximum absolute atomic E-state index is 13.4. The molecule has 0 aliphatic rings. The fraction of sp³-hybridized carbons (Fsp3) is 0.312. The lowest BCUT2D eigenvalue weighted by Crippen LogP contribution is -2.27. The van der Waals surface area contributed by atoms with Crippen LogP contribution >= 0.6 is 0 Å². The van der Waals surface area contributed by atoms with E-state index in [1.165, 1.54) is 29.0 Å². The van der Waals surface area contributed by atoms with Crippen LogP contribution in [0.2, 0.25) is 0 Å². The van der Waals surface area contributed by atoms with Crippen molar-refractivity contribution in [1.82, 2.24) is 9.55 Å². The molecule has 0 aliphatic carbocycles. The Morgan fingerprint density at radius 3 is 2.82 bits per heavy atom. The Kier molecular flexibility index (Phi) is 4.56. The highest BCUT2D eigenvalue weighted by atomic mass is 19.1. The first-order chi connectivity index (χ1) is 10.4. The molecule has 0 N–H and O–H groups in total. The number of aromatic nitrogens is 2. The molecule has 1 aromatic carbocycles. The molecule has 0 spiro atoms. The Morgan fingerprint density at radius 2 is 2.18 bits per heavy atom. The Hall–Kier alpha value is -2.68. The maximum Gasteiger partial charge on any atom is 0.296 e. The number of nitrogens with zero attached hydrogens (tertiary/aromatic N) is 3. The van der Waals surface area contributed by atoms with Crippen LogP contribution < -0.4 is 10.3 Å². The lowest BCUT2D eigenvalue weighted by Gasteiger charge is -2.14. The molecule has 0 radical (unpaired) electrons. The van der Waals surface area contributed by atoms with Crippen LogP contribution in [0.15, 0.2) is 29.2 Å². The van der Waals surface area contributed by atoms with Crippen LogP contribution in [0.3, 0.4) is 0 Å². The molecule has 1 aromatic heterocycles. The number of ether oxygens (including phenoxy) is 1. The van der Waals surface area contributed by atoms with Crippen molar-refractivity contribution in [3.8, 4) is 11.8 Å². The standard InChI is InChI=1S/C16H16FN3O2/c1-10(2)22-15-8-19-11(3)20(16(15)21)9-13-6-14(17)5-4-12(13)7-18/h4-6,8,10H,9H2,1-3H3. The van der Waals surface area contributed by atoms with Gasteiger partial charge < -0.3 is 4.74 Å². The zero-order chi connectivity index (χ0) is 16.3. The van der Waals surface area contributed by atoms with Gasteiger partial charge in [-0.3, -0.25) is 9.36 Å². The summed E-state index contributed by atoms with van der Waals surface area (Å²) in [7, 11) is 0. The number of hydrogen-bond donors (Lipinski definition) is 0. The van der Waals surface area contributed by atoms with E-state index in [1.807, 2.05) is 19.9 Å². The summed E-state index contributed by atoms with van der Waals surface area (Å²) in [6.07, 6.45) is 1.22. The summed E-state index contributed by atoms with van der Waals surface area (Å²) in [6.45, 7) is 5.35. The molecule has 2 aromatic rings. The summed E-state index contributed by atoms with van der Waals surface area (Å²) >= 11 is 0. The van der Waals surface area contributed by atoms with Gasteiger partial charge in [-0.1, -0.05) is 0 Å². The van der Waals surface area contributed by atoms with Crippen molar-refractivity contribution >= 4 is 0 Å². The fourth-order valence-corrected chi connectivity index (χ4v) is 2.05. The summed E-state index contributed by atoms with van der Waals surface area (Å²) < 4.78 is 20.2. The topological polar surface area (TPSA) is 67.9 Å². The first-order valence-electron chi connectivity index (χ1n) is 6.84. The van der Waals surface area contributed by atoms with Crippen molar-refractivity contribution in [2.24, 2.45) is 0 Å². The van der Waals surface area contributed by atoms with E-state index in [9.17, 15) is 9.18 Å². The lowest BCUT2D eigenvalue weighted by molar-refractivity contribution is 0.235. The highest BCUT2D eigenvalue weighted by Crippen LogP contribution is 2.13. The summed E-state index contributed by atoms with van der Waals surface area (Å²) in [5, 5.41) is 9.10. The summed E-state index contributed by atoms with van der Waals surface area (Å²) in [5.41, 5.74) is 0.397. The molecule has 0 saturated carbocycles. The summed E-state index contributed by atoms with van der Waals surface area (Å²) in [4.78, 5) is 16.6. The summed E-state index contributed by atoms with van der Waals surface area (Å²) in [5.74, 6) is 0.145. The smallest absolute Gasteiger partial charge is 0.296 e. The zero-order valence-corrected chi connectivity index (χ0v) is 12.6. The Morgan fingerprint density at radius 1 is 1.45 bits per heavy atom. The molecule has 0 amide bonds. The van der Waals surface area contributed by atoms with Crippen LogP contribution in [0.25, 0.3) is 0 Å². The third kappa shape index (κ3) is 3.31. The van der Waals surface area contributed by atoms with E-state index in [0.717, 1.165) is 0 Å². The predicted octanol–water partition coefficient (Wildman–Crippen LogP) is 2.40. The minimum absolute atomic E-state index is 0.0631. The molecule has 6 heteroatoms. The molecule has 0 atom stereocenters. The van der Waals surface area contributed by atoms with Crippen LogP contribution in [0.1, 0.15) is 30.8 Å². The molecule has 5 nitrogen and oxygen atoms in total. The fourth-order valence-electron chi connectivity index (χ4n) is 2.05. The number of rotatable bonds is 4. The number of hydrogen-bond acceptors (Lipinski definition) is 4. The molecule has 2 rings (SSSR count). The quantitative estimate of drug-likeness (QED) is 0.869. The van der Waals surface area contributed by atoms with Crippen molar-refractivity contribution in [2.75, 3.05) is 0 Å². The van der Waals surface area contributed by atoms with E-state index in [0.29, 0.717) is 17.0 Å². The van der Waals surface area contributed by atoms with Gasteiger partial charge in [-0.15, -0.1) is 0 Å². The second-order valence-corrected chi connectivity index (χ2v) is 5.14. The first-order valence-corrected chi connectivity index (χ1v) is 6.84. The van der Waals surface area contributed by atoms with Gasteiger partial charge in [-0.25, -0.2) is 9.37 Å². The maximum atomic E-state index is 13.4. The van der Waals surface area contributed by atoms with Crippen LogP contribution in [0, 0.1) is 24.1 Å². The third-order valence-electron chi connectivity index (χ3n) is 3.09. The van der Waals surface area contributed by atoms with Gasteiger partial charge in [-0.05, 0) is 44.5 Å². The molecule has 0 fully saturated rings. The monoisotopic (exact) mass is 301 g/mol. The van der Waals surface area contributed by atoms with E-state index in [4.69, 9.17) is 10.00 Å². The average Bonchev–Trinajstić information content (AvgIpc) is 2.46. The Labute approximate surface area is 127 Å². The van der Waals surface area contributed by atoms with Gasteiger partial charge >= 0.3 is 0 Å². The van der Waals surface area contributed by atoms with Crippen molar-refractivity contribution in [3.63, 3.8) is 0 Å². The molecule has 0 unspecified atom stereocenters. The van der Waals surface area contributed by atoms with Gasteiger partial charge in [-0.2, -0.15) is 5.26 Å². The molecule has 0 bridgehead atoms. The van der Waals surface area contributed by atoms with Gasteiger partial charge in [0.25, 0.3) is 5.56 Å². The van der Waals surface area contributed by atoms with Gasteiger partial charge in [0.05, 0.1) is 30.5 Å². The molecule has 22 heavy (non-hydrogen) atoms. The van der Waals surface area contributed by atoms with E-state index in [2.05, 4.69) is 4.98 Å². The first kappa shape index (κ1) is 15.7.